The molecule has 0 bridgehead atoms. The van der Waals surface area contributed by atoms with Gasteiger partial charge in [-0.05, 0) is 36.5 Å². The van der Waals surface area contributed by atoms with Crippen LogP contribution in [-0.4, -0.2) is 4.83 Å². The van der Waals surface area contributed by atoms with Crippen molar-refractivity contribution in [3.63, 3.8) is 0 Å². The summed E-state index contributed by atoms with van der Waals surface area (Å²) < 4.78 is 0. The molecule has 1 aromatic carbocycles. The van der Waals surface area contributed by atoms with Crippen LogP contribution in [0.2, 0.25) is 10.0 Å². The van der Waals surface area contributed by atoms with Crippen molar-refractivity contribution in [2.24, 2.45) is 5.92 Å². The molecule has 0 amide bonds. The molecule has 3 heteroatoms. The zero-order valence-electron chi connectivity index (χ0n) is 8.93. The molecule has 1 unspecified atom stereocenters. The van der Waals surface area contributed by atoms with E-state index in [-0.39, 0.29) is 0 Å². The molecule has 0 fully saturated rings. The van der Waals surface area contributed by atoms with Gasteiger partial charge in [-0.25, -0.2) is 0 Å². The minimum atomic E-state index is 0.509. The van der Waals surface area contributed by atoms with Gasteiger partial charge in [0.15, 0.2) is 0 Å². The third-order valence-electron chi connectivity index (χ3n) is 2.17. The third kappa shape index (κ3) is 4.76. The van der Waals surface area contributed by atoms with Crippen LogP contribution in [0.15, 0.2) is 18.2 Å². The lowest BCUT2D eigenvalue weighted by Crippen LogP contribution is -2.06. The average molecular weight is 310 g/mol. The van der Waals surface area contributed by atoms with Gasteiger partial charge in [-0.15, -0.1) is 0 Å². The van der Waals surface area contributed by atoms with Crippen LogP contribution in [0.1, 0.15) is 25.8 Å². The molecule has 84 valence electrons. The van der Waals surface area contributed by atoms with Crippen molar-refractivity contribution < 1.29 is 0 Å². The average Bonchev–Trinajstić information content (AvgIpc) is 2.10. The molecule has 1 aromatic rings. The van der Waals surface area contributed by atoms with Gasteiger partial charge in [0.25, 0.3) is 0 Å². The standard InChI is InChI=1S/C12H15BrCl2/c1-8(2)5-10(13)6-9-3-4-11(14)12(15)7-9/h3-4,7-8,10H,5-6H2,1-2H3. The molecule has 0 aliphatic carbocycles. The summed E-state index contributed by atoms with van der Waals surface area (Å²) in [6, 6.07) is 5.83. The molecule has 0 aliphatic heterocycles. The van der Waals surface area contributed by atoms with Crippen molar-refractivity contribution in [3.8, 4) is 0 Å². The quantitative estimate of drug-likeness (QED) is 0.658. The minimum absolute atomic E-state index is 0.509. The van der Waals surface area contributed by atoms with E-state index in [1.165, 1.54) is 12.0 Å². The molecule has 0 spiro atoms. The molecule has 1 rings (SSSR count). The first kappa shape index (κ1) is 13.3. The minimum Gasteiger partial charge on any atom is -0.0887 e. The summed E-state index contributed by atoms with van der Waals surface area (Å²) in [6.45, 7) is 4.45. The van der Waals surface area contributed by atoms with Crippen LogP contribution < -0.4 is 0 Å². The first-order chi connectivity index (χ1) is 6.99. The van der Waals surface area contributed by atoms with Gasteiger partial charge in [0, 0.05) is 4.83 Å². The molecule has 0 saturated carbocycles. The van der Waals surface area contributed by atoms with E-state index in [2.05, 4.69) is 29.8 Å². The number of hydrogen-bond donors (Lipinski definition) is 0. The molecule has 1 atom stereocenters. The Kier molecular flexibility index (Phi) is 5.45. The van der Waals surface area contributed by atoms with Gasteiger partial charge in [0.1, 0.15) is 0 Å². The molecular formula is C12H15BrCl2. The van der Waals surface area contributed by atoms with Crippen LogP contribution in [-0.2, 0) is 6.42 Å². The van der Waals surface area contributed by atoms with Gasteiger partial charge < -0.3 is 0 Å². The molecule has 0 aromatic heterocycles. The van der Waals surface area contributed by atoms with E-state index < -0.39 is 0 Å². The van der Waals surface area contributed by atoms with Crippen LogP contribution in [0.5, 0.6) is 0 Å². The highest BCUT2D eigenvalue weighted by molar-refractivity contribution is 9.09. The number of rotatable bonds is 4. The number of halogens is 3. The Labute approximate surface area is 110 Å². The van der Waals surface area contributed by atoms with Gasteiger partial charge in [-0.1, -0.05) is 59.0 Å². The van der Waals surface area contributed by atoms with Crippen molar-refractivity contribution in [2.45, 2.75) is 31.5 Å². The summed E-state index contributed by atoms with van der Waals surface area (Å²) in [5.74, 6) is 0.706. The molecule has 0 radical (unpaired) electrons. The number of hydrogen-bond acceptors (Lipinski definition) is 0. The maximum atomic E-state index is 5.96. The van der Waals surface area contributed by atoms with E-state index in [1.807, 2.05) is 18.2 Å². The lowest BCUT2D eigenvalue weighted by atomic mass is 10.0. The zero-order chi connectivity index (χ0) is 11.4. The predicted octanol–water partition coefficient (Wildman–Crippen LogP) is 5.35. The molecule has 15 heavy (non-hydrogen) atoms. The van der Waals surface area contributed by atoms with Crippen molar-refractivity contribution in [3.05, 3.63) is 33.8 Å². The van der Waals surface area contributed by atoms with Gasteiger partial charge in [0.2, 0.25) is 0 Å². The Hall–Kier alpha value is 0.280. The second kappa shape index (κ2) is 6.12. The van der Waals surface area contributed by atoms with Crippen LogP contribution in [0, 0.1) is 5.92 Å². The summed E-state index contributed by atoms with van der Waals surface area (Å²) in [5.41, 5.74) is 1.23. The monoisotopic (exact) mass is 308 g/mol. The summed E-state index contributed by atoms with van der Waals surface area (Å²) in [6.07, 6.45) is 2.16. The molecule has 0 aliphatic rings. The first-order valence-corrected chi connectivity index (χ1v) is 6.74. The fourth-order valence-electron chi connectivity index (χ4n) is 1.52. The zero-order valence-corrected chi connectivity index (χ0v) is 12.0. The second-order valence-corrected chi connectivity index (χ2v) is 6.29. The van der Waals surface area contributed by atoms with Crippen molar-refractivity contribution >= 4 is 39.1 Å². The highest BCUT2D eigenvalue weighted by Crippen LogP contribution is 2.25. The van der Waals surface area contributed by atoms with Crippen LogP contribution >= 0.6 is 39.1 Å². The Morgan fingerprint density at radius 3 is 2.40 bits per heavy atom. The van der Waals surface area contributed by atoms with Crippen LogP contribution in [0.3, 0.4) is 0 Å². The van der Waals surface area contributed by atoms with Gasteiger partial charge in [0.05, 0.1) is 10.0 Å². The fraction of sp³-hybridized carbons (Fsp3) is 0.500. The SMILES string of the molecule is CC(C)CC(Br)Cc1ccc(Cl)c(Cl)c1. The Balaban J connectivity index is 2.60. The molecule has 0 heterocycles. The maximum absolute atomic E-state index is 5.96. The lowest BCUT2D eigenvalue weighted by Gasteiger charge is -2.12. The Morgan fingerprint density at radius 2 is 1.87 bits per heavy atom. The summed E-state index contributed by atoms with van der Waals surface area (Å²) >= 11 is 15.5. The van der Waals surface area contributed by atoms with E-state index in [9.17, 15) is 0 Å². The first-order valence-electron chi connectivity index (χ1n) is 5.07. The molecule has 0 saturated heterocycles. The smallest absolute Gasteiger partial charge is 0.0595 e. The number of alkyl halides is 1. The largest absolute Gasteiger partial charge is 0.0887 e. The van der Waals surface area contributed by atoms with Crippen molar-refractivity contribution in [1.29, 1.82) is 0 Å². The normalized spacial score (nSPS) is 13.2. The summed E-state index contributed by atoms with van der Waals surface area (Å²) in [7, 11) is 0. The van der Waals surface area contributed by atoms with Crippen molar-refractivity contribution in [1.82, 2.24) is 0 Å². The highest BCUT2D eigenvalue weighted by Gasteiger charge is 2.08. The fourth-order valence-corrected chi connectivity index (χ4v) is 2.96. The Morgan fingerprint density at radius 1 is 1.20 bits per heavy atom. The summed E-state index contributed by atoms with van der Waals surface area (Å²) in [5, 5.41) is 1.26. The second-order valence-electron chi connectivity index (χ2n) is 4.18. The highest BCUT2D eigenvalue weighted by atomic mass is 79.9. The predicted molar refractivity (Wildman–Crippen MR) is 72.3 cm³/mol. The molecule has 0 N–H and O–H groups in total. The van der Waals surface area contributed by atoms with E-state index in [0.29, 0.717) is 20.8 Å². The Bertz CT molecular complexity index is 323. The van der Waals surface area contributed by atoms with Crippen LogP contribution in [0.4, 0.5) is 0 Å². The lowest BCUT2D eigenvalue weighted by molar-refractivity contribution is 0.571. The van der Waals surface area contributed by atoms with Crippen molar-refractivity contribution in [2.75, 3.05) is 0 Å². The third-order valence-corrected chi connectivity index (χ3v) is 3.60. The van der Waals surface area contributed by atoms with E-state index in [1.54, 1.807) is 0 Å². The summed E-state index contributed by atoms with van der Waals surface area (Å²) in [4.78, 5) is 0.509. The van der Waals surface area contributed by atoms with Gasteiger partial charge in [-0.3, -0.25) is 0 Å². The van der Waals surface area contributed by atoms with Gasteiger partial charge >= 0.3 is 0 Å². The van der Waals surface area contributed by atoms with Gasteiger partial charge in [-0.2, -0.15) is 0 Å². The van der Waals surface area contributed by atoms with E-state index >= 15 is 0 Å². The van der Waals surface area contributed by atoms with E-state index in [4.69, 9.17) is 23.2 Å². The number of benzene rings is 1. The molecular weight excluding hydrogens is 295 g/mol. The van der Waals surface area contributed by atoms with Crippen LogP contribution in [0.25, 0.3) is 0 Å². The maximum Gasteiger partial charge on any atom is 0.0595 e. The molecule has 0 nitrogen and oxygen atoms in total. The van der Waals surface area contributed by atoms with E-state index in [0.717, 1.165) is 6.42 Å². The topological polar surface area (TPSA) is 0 Å².